The van der Waals surface area contributed by atoms with Crippen molar-refractivity contribution in [3.05, 3.63) is 54.1 Å². The normalized spacial score (nSPS) is 11.6. The predicted molar refractivity (Wildman–Crippen MR) is 103 cm³/mol. The van der Waals surface area contributed by atoms with E-state index in [0.717, 1.165) is 5.75 Å². The van der Waals surface area contributed by atoms with Crippen LogP contribution >= 0.6 is 0 Å². The summed E-state index contributed by atoms with van der Waals surface area (Å²) in [5, 5.41) is 2.71. The molecule has 6 nitrogen and oxygen atoms in total. The molecule has 2 aromatic rings. The van der Waals surface area contributed by atoms with E-state index in [-0.39, 0.29) is 6.10 Å². The van der Waals surface area contributed by atoms with E-state index in [9.17, 15) is 9.59 Å². The van der Waals surface area contributed by atoms with Crippen LogP contribution in [0, 0.1) is 0 Å². The van der Waals surface area contributed by atoms with Crippen LogP contribution in [0.4, 0.5) is 5.69 Å². The molecule has 0 aromatic heterocycles. The third-order valence-corrected chi connectivity index (χ3v) is 3.55. The summed E-state index contributed by atoms with van der Waals surface area (Å²) in [5.74, 6) is 0.412. The van der Waals surface area contributed by atoms with Gasteiger partial charge in [0.25, 0.3) is 5.91 Å². The van der Waals surface area contributed by atoms with Crippen molar-refractivity contribution in [3.63, 3.8) is 0 Å². The monoisotopic (exact) mass is 371 g/mol. The van der Waals surface area contributed by atoms with Gasteiger partial charge in [-0.1, -0.05) is 0 Å². The molecule has 0 aliphatic rings. The molecule has 0 unspecified atom stereocenters. The summed E-state index contributed by atoms with van der Waals surface area (Å²) >= 11 is 0. The Labute approximate surface area is 159 Å². The second-order valence-corrected chi connectivity index (χ2v) is 6.19. The summed E-state index contributed by atoms with van der Waals surface area (Å²) in [6, 6.07) is 13.6. The van der Waals surface area contributed by atoms with Crippen LogP contribution in [-0.4, -0.2) is 30.7 Å². The molecule has 0 saturated carbocycles. The lowest BCUT2D eigenvalue weighted by Crippen LogP contribution is -2.30. The zero-order valence-electron chi connectivity index (χ0n) is 16.0. The minimum atomic E-state index is -0.935. The third kappa shape index (κ3) is 6.33. The van der Waals surface area contributed by atoms with E-state index >= 15 is 0 Å². The van der Waals surface area contributed by atoms with Crippen molar-refractivity contribution in [2.75, 3.05) is 11.9 Å². The summed E-state index contributed by atoms with van der Waals surface area (Å²) in [4.78, 5) is 24.4. The Morgan fingerprint density at radius 3 is 2.07 bits per heavy atom. The van der Waals surface area contributed by atoms with Crippen LogP contribution < -0.4 is 14.8 Å². The minimum Gasteiger partial charge on any atom is -0.494 e. The van der Waals surface area contributed by atoms with Gasteiger partial charge >= 0.3 is 5.97 Å². The van der Waals surface area contributed by atoms with Gasteiger partial charge in [-0.05, 0) is 76.2 Å². The van der Waals surface area contributed by atoms with Gasteiger partial charge in [0.05, 0.1) is 18.3 Å². The molecule has 2 aromatic carbocycles. The molecule has 0 saturated heterocycles. The highest BCUT2D eigenvalue weighted by Crippen LogP contribution is 2.17. The van der Waals surface area contributed by atoms with E-state index in [1.165, 1.54) is 6.92 Å². The molecule has 1 amide bonds. The lowest BCUT2D eigenvalue weighted by atomic mass is 10.2. The molecular formula is C21H25NO5. The molecule has 2 rings (SSSR count). The van der Waals surface area contributed by atoms with E-state index in [1.54, 1.807) is 48.5 Å². The van der Waals surface area contributed by atoms with Crippen LogP contribution in [0.2, 0.25) is 0 Å². The number of hydrogen-bond donors (Lipinski definition) is 1. The Morgan fingerprint density at radius 1 is 0.926 bits per heavy atom. The van der Waals surface area contributed by atoms with E-state index in [0.29, 0.717) is 23.6 Å². The van der Waals surface area contributed by atoms with Gasteiger partial charge in [-0.3, -0.25) is 4.79 Å². The van der Waals surface area contributed by atoms with E-state index in [1.807, 2.05) is 20.8 Å². The van der Waals surface area contributed by atoms with E-state index in [2.05, 4.69) is 5.32 Å². The van der Waals surface area contributed by atoms with Crippen LogP contribution in [0.25, 0.3) is 0 Å². The second-order valence-electron chi connectivity index (χ2n) is 6.19. The van der Waals surface area contributed by atoms with Crippen LogP contribution in [-0.2, 0) is 9.53 Å². The van der Waals surface area contributed by atoms with Gasteiger partial charge in [0.15, 0.2) is 6.10 Å². The fraction of sp³-hybridized carbons (Fsp3) is 0.333. The van der Waals surface area contributed by atoms with Crippen molar-refractivity contribution in [3.8, 4) is 11.5 Å². The Balaban J connectivity index is 1.90. The van der Waals surface area contributed by atoms with Gasteiger partial charge in [-0.2, -0.15) is 0 Å². The molecular weight excluding hydrogens is 346 g/mol. The van der Waals surface area contributed by atoms with Crippen molar-refractivity contribution < 1.29 is 23.8 Å². The average molecular weight is 371 g/mol. The number of benzene rings is 2. The molecule has 1 atom stereocenters. The molecule has 0 heterocycles. The fourth-order valence-corrected chi connectivity index (χ4v) is 2.27. The third-order valence-electron chi connectivity index (χ3n) is 3.55. The highest BCUT2D eigenvalue weighted by molar-refractivity contribution is 5.97. The predicted octanol–water partition coefficient (Wildman–Crippen LogP) is 4.06. The lowest BCUT2D eigenvalue weighted by molar-refractivity contribution is -0.123. The Bertz CT molecular complexity index is 753. The van der Waals surface area contributed by atoms with Crippen LogP contribution in [0.3, 0.4) is 0 Å². The summed E-state index contributed by atoms with van der Waals surface area (Å²) < 4.78 is 16.1. The van der Waals surface area contributed by atoms with Gasteiger partial charge in [0.2, 0.25) is 0 Å². The number of anilines is 1. The SMILES string of the molecule is CCOc1ccc(NC(=O)[C@@H](C)OC(=O)c2ccc(OC(C)C)cc2)cc1. The van der Waals surface area contributed by atoms with Gasteiger partial charge < -0.3 is 19.5 Å². The minimum absolute atomic E-state index is 0.0501. The highest BCUT2D eigenvalue weighted by atomic mass is 16.5. The Morgan fingerprint density at radius 2 is 1.52 bits per heavy atom. The summed E-state index contributed by atoms with van der Waals surface area (Å²) in [6.07, 6.45) is -0.884. The van der Waals surface area contributed by atoms with E-state index in [4.69, 9.17) is 14.2 Å². The Kier molecular flexibility index (Phi) is 7.23. The first-order valence-corrected chi connectivity index (χ1v) is 8.90. The second kappa shape index (κ2) is 9.62. The number of hydrogen-bond acceptors (Lipinski definition) is 5. The zero-order chi connectivity index (χ0) is 19.8. The Hall–Kier alpha value is -3.02. The van der Waals surface area contributed by atoms with Crippen LogP contribution in [0.15, 0.2) is 48.5 Å². The van der Waals surface area contributed by atoms with Gasteiger partial charge in [0.1, 0.15) is 11.5 Å². The number of ether oxygens (including phenoxy) is 3. The fourth-order valence-electron chi connectivity index (χ4n) is 2.27. The largest absolute Gasteiger partial charge is 0.494 e. The molecule has 1 N–H and O–H groups in total. The average Bonchev–Trinajstić information content (AvgIpc) is 2.63. The molecule has 0 spiro atoms. The number of amides is 1. The highest BCUT2D eigenvalue weighted by Gasteiger charge is 2.19. The summed E-state index contributed by atoms with van der Waals surface area (Å²) in [7, 11) is 0. The van der Waals surface area contributed by atoms with Crippen molar-refractivity contribution >= 4 is 17.6 Å². The molecule has 0 aliphatic heterocycles. The molecule has 144 valence electrons. The lowest BCUT2D eigenvalue weighted by Gasteiger charge is -2.14. The maximum atomic E-state index is 12.2. The number of rotatable bonds is 8. The van der Waals surface area contributed by atoms with Crippen LogP contribution in [0.5, 0.6) is 11.5 Å². The summed E-state index contributed by atoms with van der Waals surface area (Å²) in [5.41, 5.74) is 0.952. The first-order chi connectivity index (χ1) is 12.9. The van der Waals surface area contributed by atoms with Gasteiger partial charge in [-0.15, -0.1) is 0 Å². The molecule has 0 aliphatic carbocycles. The number of nitrogens with one attached hydrogen (secondary N) is 1. The van der Waals surface area contributed by atoms with Gasteiger partial charge in [0, 0.05) is 5.69 Å². The number of carbonyl (C=O) groups is 2. The van der Waals surface area contributed by atoms with Gasteiger partial charge in [-0.25, -0.2) is 4.79 Å². The summed E-state index contributed by atoms with van der Waals surface area (Å²) in [6.45, 7) is 7.84. The van der Waals surface area contributed by atoms with Crippen molar-refractivity contribution in [2.24, 2.45) is 0 Å². The first kappa shape index (κ1) is 20.3. The maximum absolute atomic E-state index is 12.2. The number of carbonyl (C=O) groups excluding carboxylic acids is 2. The smallest absolute Gasteiger partial charge is 0.338 e. The van der Waals surface area contributed by atoms with Crippen LogP contribution in [0.1, 0.15) is 38.1 Å². The molecule has 0 bridgehead atoms. The molecule has 0 radical (unpaired) electrons. The molecule has 27 heavy (non-hydrogen) atoms. The van der Waals surface area contributed by atoms with Crippen molar-refractivity contribution in [1.82, 2.24) is 0 Å². The molecule has 6 heteroatoms. The topological polar surface area (TPSA) is 73.9 Å². The zero-order valence-corrected chi connectivity index (χ0v) is 16.0. The maximum Gasteiger partial charge on any atom is 0.338 e. The van der Waals surface area contributed by atoms with Crippen molar-refractivity contribution in [1.29, 1.82) is 0 Å². The molecule has 0 fully saturated rings. The standard InChI is InChI=1S/C21H25NO5/c1-5-25-18-12-8-17(9-13-18)22-20(23)15(4)27-21(24)16-6-10-19(11-7-16)26-14(2)3/h6-15H,5H2,1-4H3,(H,22,23)/t15-/m1/s1. The van der Waals surface area contributed by atoms with Crippen molar-refractivity contribution in [2.45, 2.75) is 39.9 Å². The first-order valence-electron chi connectivity index (χ1n) is 8.90. The quantitative estimate of drug-likeness (QED) is 0.709. The van der Waals surface area contributed by atoms with E-state index < -0.39 is 18.0 Å². The number of esters is 1.